The number of halogens is 1. The van der Waals surface area contributed by atoms with E-state index in [1.165, 1.54) is 6.07 Å². The van der Waals surface area contributed by atoms with E-state index >= 15 is 0 Å². The molecule has 3 unspecified atom stereocenters. The van der Waals surface area contributed by atoms with Gasteiger partial charge >= 0.3 is 0 Å². The Morgan fingerprint density at radius 2 is 1.93 bits per heavy atom. The largest absolute Gasteiger partial charge is 0.396 e. The lowest BCUT2D eigenvalue weighted by molar-refractivity contribution is 0.0607. The Labute approximate surface area is 175 Å². The molecule has 3 rings (SSSR count). The van der Waals surface area contributed by atoms with Gasteiger partial charge in [-0.2, -0.15) is 0 Å². The van der Waals surface area contributed by atoms with Crippen LogP contribution in [0.25, 0.3) is 0 Å². The standard InChI is InChI=1S/C22H25FN2O3S/c1-2-28-17-12-16(14-26)22(13-17,18-10-6-7-11-19(18)23)25-21(29)24-20(27)15-8-4-3-5-9-15/h3-11,16-17,26H,2,12-14H2,1H3,(H2,24,25,27,29). The van der Waals surface area contributed by atoms with E-state index in [0.29, 0.717) is 30.6 Å². The van der Waals surface area contributed by atoms with E-state index in [2.05, 4.69) is 10.6 Å². The fourth-order valence-electron chi connectivity index (χ4n) is 4.09. The van der Waals surface area contributed by atoms with Gasteiger partial charge in [-0.3, -0.25) is 10.1 Å². The summed E-state index contributed by atoms with van der Waals surface area (Å²) in [6, 6.07) is 15.1. The molecule has 0 aromatic heterocycles. The number of aliphatic hydroxyl groups is 1. The zero-order valence-corrected chi connectivity index (χ0v) is 17.0. The SMILES string of the molecule is CCOC1CC(CO)C(NC(=S)NC(=O)c2ccccc2)(c2ccccc2F)C1. The second kappa shape index (κ2) is 9.43. The molecule has 1 saturated carbocycles. The molecule has 3 atom stereocenters. The van der Waals surface area contributed by atoms with Gasteiger partial charge in [0.05, 0.1) is 11.6 Å². The van der Waals surface area contributed by atoms with Crippen LogP contribution in [0.15, 0.2) is 54.6 Å². The van der Waals surface area contributed by atoms with Crippen molar-refractivity contribution in [2.75, 3.05) is 13.2 Å². The summed E-state index contributed by atoms with van der Waals surface area (Å²) in [4.78, 5) is 12.5. The van der Waals surface area contributed by atoms with Crippen LogP contribution < -0.4 is 10.6 Å². The minimum absolute atomic E-state index is 0.0812. The first-order valence-electron chi connectivity index (χ1n) is 9.66. The van der Waals surface area contributed by atoms with Crippen LogP contribution in [0.3, 0.4) is 0 Å². The van der Waals surface area contributed by atoms with Crippen molar-refractivity contribution in [2.45, 2.75) is 31.4 Å². The van der Waals surface area contributed by atoms with Crippen molar-refractivity contribution in [1.82, 2.24) is 10.6 Å². The average Bonchev–Trinajstić information content (AvgIpc) is 3.06. The first kappa shape index (κ1) is 21.4. The van der Waals surface area contributed by atoms with Crippen LogP contribution in [-0.4, -0.2) is 35.4 Å². The van der Waals surface area contributed by atoms with Crippen molar-refractivity contribution in [3.05, 3.63) is 71.5 Å². The number of rotatable bonds is 6. The summed E-state index contributed by atoms with van der Waals surface area (Å²) in [7, 11) is 0. The van der Waals surface area contributed by atoms with E-state index in [4.69, 9.17) is 17.0 Å². The number of amides is 1. The summed E-state index contributed by atoms with van der Waals surface area (Å²) in [5.41, 5.74) is -0.118. The minimum atomic E-state index is -0.985. The van der Waals surface area contributed by atoms with Crippen LogP contribution in [0.4, 0.5) is 4.39 Å². The lowest BCUT2D eigenvalue weighted by atomic mass is 9.80. The predicted octanol–water partition coefficient (Wildman–Crippen LogP) is 3.13. The van der Waals surface area contributed by atoms with Crippen molar-refractivity contribution < 1.29 is 19.0 Å². The Balaban J connectivity index is 1.89. The third-order valence-corrected chi connectivity index (χ3v) is 5.57. The number of aliphatic hydroxyl groups excluding tert-OH is 1. The van der Waals surface area contributed by atoms with E-state index in [1.54, 1.807) is 42.5 Å². The normalized spacial score (nSPS) is 23.6. The number of ether oxygens (including phenoxy) is 1. The Kier molecular flexibility index (Phi) is 6.95. The van der Waals surface area contributed by atoms with Crippen molar-refractivity contribution in [2.24, 2.45) is 5.92 Å². The van der Waals surface area contributed by atoms with Crippen molar-refractivity contribution in [3.63, 3.8) is 0 Å². The van der Waals surface area contributed by atoms with Crippen LogP contribution >= 0.6 is 12.2 Å². The third-order valence-electron chi connectivity index (χ3n) is 5.37. The summed E-state index contributed by atoms with van der Waals surface area (Å²) >= 11 is 5.40. The molecule has 29 heavy (non-hydrogen) atoms. The van der Waals surface area contributed by atoms with Gasteiger partial charge < -0.3 is 15.2 Å². The van der Waals surface area contributed by atoms with Gasteiger partial charge in [-0.25, -0.2) is 4.39 Å². The molecule has 1 amide bonds. The molecule has 0 radical (unpaired) electrons. The van der Waals surface area contributed by atoms with Crippen molar-refractivity contribution >= 4 is 23.2 Å². The lowest BCUT2D eigenvalue weighted by Gasteiger charge is -2.37. The fraction of sp³-hybridized carbons (Fsp3) is 0.364. The zero-order chi connectivity index (χ0) is 20.9. The van der Waals surface area contributed by atoms with Crippen LogP contribution in [-0.2, 0) is 10.3 Å². The highest BCUT2D eigenvalue weighted by atomic mass is 32.1. The minimum Gasteiger partial charge on any atom is -0.396 e. The molecule has 1 fully saturated rings. The fourth-order valence-corrected chi connectivity index (χ4v) is 4.37. The molecule has 0 aliphatic heterocycles. The maximum absolute atomic E-state index is 14.8. The molecule has 2 aromatic carbocycles. The molecule has 1 aliphatic carbocycles. The summed E-state index contributed by atoms with van der Waals surface area (Å²) < 4.78 is 20.6. The van der Waals surface area contributed by atoms with Crippen molar-refractivity contribution in [1.29, 1.82) is 0 Å². The topological polar surface area (TPSA) is 70.6 Å². The molecule has 3 N–H and O–H groups in total. The number of carbonyl (C=O) groups excluding carboxylic acids is 1. The van der Waals surface area contributed by atoms with Gasteiger partial charge in [-0.1, -0.05) is 36.4 Å². The molecule has 2 aromatic rings. The number of hydrogen-bond donors (Lipinski definition) is 3. The smallest absolute Gasteiger partial charge is 0.257 e. The maximum Gasteiger partial charge on any atom is 0.257 e. The van der Waals surface area contributed by atoms with Gasteiger partial charge in [0.25, 0.3) is 5.91 Å². The van der Waals surface area contributed by atoms with E-state index in [1.807, 2.05) is 13.0 Å². The van der Waals surface area contributed by atoms with Crippen LogP contribution in [0.1, 0.15) is 35.7 Å². The number of hydrogen-bond acceptors (Lipinski definition) is 4. The second-order valence-corrected chi connectivity index (χ2v) is 7.53. The zero-order valence-electron chi connectivity index (χ0n) is 16.2. The van der Waals surface area contributed by atoms with Gasteiger partial charge in [0.2, 0.25) is 0 Å². The molecule has 0 bridgehead atoms. The van der Waals surface area contributed by atoms with E-state index in [-0.39, 0.29) is 29.6 Å². The van der Waals surface area contributed by atoms with Crippen LogP contribution in [0.5, 0.6) is 0 Å². The molecular formula is C22H25FN2O3S. The Bertz CT molecular complexity index is 864. The number of carbonyl (C=O) groups is 1. The molecule has 5 nitrogen and oxygen atoms in total. The predicted molar refractivity (Wildman–Crippen MR) is 113 cm³/mol. The molecule has 154 valence electrons. The number of benzene rings is 2. The van der Waals surface area contributed by atoms with Crippen LogP contribution in [0.2, 0.25) is 0 Å². The Morgan fingerprint density at radius 1 is 1.24 bits per heavy atom. The molecule has 0 saturated heterocycles. The van der Waals surface area contributed by atoms with Crippen molar-refractivity contribution in [3.8, 4) is 0 Å². The summed E-state index contributed by atoms with van der Waals surface area (Å²) in [5, 5.41) is 16.0. The quantitative estimate of drug-likeness (QED) is 0.631. The summed E-state index contributed by atoms with van der Waals surface area (Å²) in [6.45, 7) is 2.25. The highest BCUT2D eigenvalue weighted by molar-refractivity contribution is 7.80. The first-order chi connectivity index (χ1) is 14.0. The van der Waals surface area contributed by atoms with Gasteiger partial charge in [0.1, 0.15) is 5.82 Å². The molecule has 1 aliphatic rings. The maximum atomic E-state index is 14.8. The molecule has 0 heterocycles. The summed E-state index contributed by atoms with van der Waals surface area (Å²) in [6.07, 6.45) is 0.826. The van der Waals surface area contributed by atoms with E-state index in [0.717, 1.165) is 0 Å². The second-order valence-electron chi connectivity index (χ2n) is 7.12. The first-order valence-corrected chi connectivity index (χ1v) is 10.1. The lowest BCUT2D eigenvalue weighted by Crippen LogP contribution is -2.54. The van der Waals surface area contributed by atoms with Gasteiger partial charge in [-0.05, 0) is 43.8 Å². The summed E-state index contributed by atoms with van der Waals surface area (Å²) in [5.74, 6) is -1.08. The highest BCUT2D eigenvalue weighted by Gasteiger charge is 2.50. The number of thiocarbonyl (C=S) groups is 1. The average molecular weight is 417 g/mol. The van der Waals surface area contributed by atoms with Crippen LogP contribution in [0, 0.1) is 11.7 Å². The monoisotopic (exact) mass is 416 g/mol. The third kappa shape index (κ3) is 4.63. The van der Waals surface area contributed by atoms with Gasteiger partial charge in [0, 0.05) is 36.7 Å². The molecular weight excluding hydrogens is 391 g/mol. The molecule has 0 spiro atoms. The van der Waals surface area contributed by atoms with E-state index < -0.39 is 11.4 Å². The van der Waals surface area contributed by atoms with Gasteiger partial charge in [0.15, 0.2) is 5.11 Å². The molecule has 7 heteroatoms. The van der Waals surface area contributed by atoms with E-state index in [9.17, 15) is 14.3 Å². The van der Waals surface area contributed by atoms with Gasteiger partial charge in [-0.15, -0.1) is 0 Å². The Hall–Kier alpha value is -2.35. The Morgan fingerprint density at radius 3 is 2.59 bits per heavy atom. The number of nitrogens with one attached hydrogen (secondary N) is 2. The highest BCUT2D eigenvalue weighted by Crippen LogP contribution is 2.45.